The number of aromatic nitrogens is 2. The number of anilines is 1. The van der Waals surface area contributed by atoms with Crippen LogP contribution in [0.25, 0.3) is 15.9 Å². The summed E-state index contributed by atoms with van der Waals surface area (Å²) in [5.74, 6) is 0.667. The maximum Gasteiger partial charge on any atom is 0.267 e. The van der Waals surface area contributed by atoms with Crippen LogP contribution in [0.4, 0.5) is 5.69 Å². The number of para-hydroxylation sites is 1. The van der Waals surface area contributed by atoms with Gasteiger partial charge in [-0.05, 0) is 67.5 Å². The number of nitrogens with zero attached hydrogens (tertiary/aromatic N) is 2. The predicted octanol–water partition coefficient (Wildman–Crippen LogP) is 5.61. The number of thiophene rings is 1. The number of amides is 1. The molecule has 33 heavy (non-hydrogen) atoms. The van der Waals surface area contributed by atoms with Crippen LogP contribution in [0.5, 0.6) is 0 Å². The monoisotopic (exact) mass is 475 g/mol. The van der Waals surface area contributed by atoms with Gasteiger partial charge in [-0.3, -0.25) is 14.2 Å². The van der Waals surface area contributed by atoms with Crippen molar-refractivity contribution in [2.45, 2.75) is 38.3 Å². The van der Waals surface area contributed by atoms with Gasteiger partial charge in [0.2, 0.25) is 5.91 Å². The van der Waals surface area contributed by atoms with Gasteiger partial charge in [0.05, 0.1) is 16.8 Å². The minimum Gasteiger partial charge on any atom is -0.325 e. The van der Waals surface area contributed by atoms with Crippen molar-refractivity contribution in [3.63, 3.8) is 0 Å². The molecule has 168 valence electrons. The first-order chi connectivity index (χ1) is 16.0. The molecule has 2 aromatic heterocycles. The molecule has 5 nitrogen and oxygen atoms in total. The molecule has 0 radical (unpaired) electrons. The lowest BCUT2D eigenvalue weighted by Gasteiger charge is -2.17. The molecular formula is C26H25N3O2S2. The van der Waals surface area contributed by atoms with Crippen LogP contribution in [-0.2, 0) is 17.6 Å². The number of nitrogens with one attached hydrogen (secondary N) is 1. The second kappa shape index (κ2) is 9.15. The number of carbonyl (C=O) groups is 1. The average Bonchev–Trinajstić information content (AvgIpc) is 3.16. The summed E-state index contributed by atoms with van der Waals surface area (Å²) in [6.45, 7) is 4.25. The van der Waals surface area contributed by atoms with Crippen LogP contribution in [0.3, 0.4) is 0 Å². The Morgan fingerprint density at radius 2 is 2.03 bits per heavy atom. The number of fused-ring (bicyclic) bond motifs is 3. The van der Waals surface area contributed by atoms with Gasteiger partial charge in [0, 0.05) is 10.6 Å². The number of benzene rings is 2. The highest BCUT2D eigenvalue weighted by molar-refractivity contribution is 7.99. The lowest BCUT2D eigenvalue weighted by molar-refractivity contribution is -0.113. The molecule has 0 fully saturated rings. The molecule has 0 spiro atoms. The molecule has 7 heteroatoms. The van der Waals surface area contributed by atoms with Gasteiger partial charge in [-0.2, -0.15) is 0 Å². The Labute approximate surface area is 200 Å². The highest BCUT2D eigenvalue weighted by Gasteiger charge is 2.25. The van der Waals surface area contributed by atoms with Crippen molar-refractivity contribution >= 4 is 44.9 Å². The molecule has 0 unspecified atom stereocenters. The molecule has 4 aromatic rings. The highest BCUT2D eigenvalue weighted by atomic mass is 32.2. The van der Waals surface area contributed by atoms with E-state index in [4.69, 9.17) is 4.98 Å². The standard InChI is InChI=1S/C26H25N3O2S2/c1-16-7-6-8-18(13-16)27-22(30)15-32-26-28-24-23(20-12-11-17(2)14-21(20)33-24)25(31)29(26)19-9-4-3-5-10-19/h3-10,13,17H,11-12,14-15H2,1-2H3,(H,27,30)/t17-/m1/s1. The quantitative estimate of drug-likeness (QED) is 0.301. The number of thioether (sulfide) groups is 1. The third kappa shape index (κ3) is 4.48. The van der Waals surface area contributed by atoms with E-state index in [1.54, 1.807) is 15.9 Å². The fraction of sp³-hybridized carbons (Fsp3) is 0.269. The van der Waals surface area contributed by atoms with Gasteiger partial charge in [-0.25, -0.2) is 4.98 Å². The summed E-state index contributed by atoms with van der Waals surface area (Å²) in [5, 5.41) is 4.23. The number of hydrogen-bond donors (Lipinski definition) is 1. The first-order valence-electron chi connectivity index (χ1n) is 11.1. The molecule has 2 heterocycles. The number of rotatable bonds is 5. The maximum absolute atomic E-state index is 13.8. The average molecular weight is 476 g/mol. The second-order valence-electron chi connectivity index (χ2n) is 8.61. The van der Waals surface area contributed by atoms with Gasteiger partial charge in [-0.1, -0.05) is 49.0 Å². The van der Waals surface area contributed by atoms with Crippen molar-refractivity contribution in [1.82, 2.24) is 9.55 Å². The molecular weight excluding hydrogens is 450 g/mol. The minimum atomic E-state index is -0.126. The third-order valence-corrected chi connectivity index (χ3v) is 8.03. The van der Waals surface area contributed by atoms with E-state index in [1.807, 2.05) is 61.5 Å². The van der Waals surface area contributed by atoms with E-state index in [-0.39, 0.29) is 17.2 Å². The van der Waals surface area contributed by atoms with Crippen molar-refractivity contribution in [2.24, 2.45) is 5.92 Å². The molecule has 2 aromatic carbocycles. The van der Waals surface area contributed by atoms with Crippen LogP contribution in [0.15, 0.2) is 64.5 Å². The fourth-order valence-corrected chi connectivity index (χ4v) is 6.56. The molecule has 0 saturated heterocycles. The zero-order chi connectivity index (χ0) is 22.9. The Hall–Kier alpha value is -2.90. The summed E-state index contributed by atoms with van der Waals surface area (Å²) >= 11 is 2.93. The van der Waals surface area contributed by atoms with Crippen LogP contribution < -0.4 is 10.9 Å². The van der Waals surface area contributed by atoms with Gasteiger partial charge in [0.25, 0.3) is 5.56 Å². The molecule has 1 amide bonds. The summed E-state index contributed by atoms with van der Waals surface area (Å²) in [5.41, 5.74) is 3.75. The van der Waals surface area contributed by atoms with Crippen LogP contribution in [-0.4, -0.2) is 21.2 Å². The zero-order valence-electron chi connectivity index (χ0n) is 18.6. The smallest absolute Gasteiger partial charge is 0.267 e. The SMILES string of the molecule is Cc1cccc(NC(=O)CSc2nc3sc4c(c3c(=O)n2-c2ccccc2)CC[C@@H](C)C4)c1. The van der Waals surface area contributed by atoms with Crippen molar-refractivity contribution < 1.29 is 4.79 Å². The van der Waals surface area contributed by atoms with Gasteiger partial charge in [-0.15, -0.1) is 11.3 Å². The van der Waals surface area contributed by atoms with E-state index < -0.39 is 0 Å². The van der Waals surface area contributed by atoms with Crippen molar-refractivity contribution in [1.29, 1.82) is 0 Å². The Morgan fingerprint density at radius 3 is 2.82 bits per heavy atom. The van der Waals surface area contributed by atoms with E-state index in [1.165, 1.54) is 22.2 Å². The molecule has 0 bridgehead atoms. The summed E-state index contributed by atoms with van der Waals surface area (Å²) in [7, 11) is 0. The largest absolute Gasteiger partial charge is 0.325 e. The van der Waals surface area contributed by atoms with Gasteiger partial charge >= 0.3 is 0 Å². The Morgan fingerprint density at radius 1 is 1.21 bits per heavy atom. The molecule has 5 rings (SSSR count). The van der Waals surface area contributed by atoms with Crippen molar-refractivity contribution in [3.05, 3.63) is 81.0 Å². The highest BCUT2D eigenvalue weighted by Crippen LogP contribution is 2.37. The molecule has 0 aliphatic heterocycles. The zero-order valence-corrected chi connectivity index (χ0v) is 20.3. The normalized spacial score (nSPS) is 15.4. The van der Waals surface area contributed by atoms with E-state index in [2.05, 4.69) is 12.2 Å². The van der Waals surface area contributed by atoms with Crippen LogP contribution >= 0.6 is 23.1 Å². The second-order valence-corrected chi connectivity index (χ2v) is 10.6. The summed E-state index contributed by atoms with van der Waals surface area (Å²) < 4.78 is 1.66. The van der Waals surface area contributed by atoms with E-state index >= 15 is 0 Å². The van der Waals surface area contributed by atoms with Gasteiger partial charge in [0.1, 0.15) is 4.83 Å². The maximum atomic E-state index is 13.8. The summed E-state index contributed by atoms with van der Waals surface area (Å²) in [4.78, 5) is 33.4. The number of carbonyl (C=O) groups excluding carboxylic acids is 1. The lowest BCUT2D eigenvalue weighted by atomic mass is 9.89. The molecule has 1 atom stereocenters. The molecule has 1 aliphatic carbocycles. The topological polar surface area (TPSA) is 64.0 Å². The number of aryl methyl sites for hydroxylation is 2. The molecule has 1 N–H and O–H groups in total. The van der Waals surface area contributed by atoms with E-state index in [0.717, 1.165) is 46.4 Å². The van der Waals surface area contributed by atoms with Crippen LogP contribution in [0.1, 0.15) is 29.3 Å². The predicted molar refractivity (Wildman–Crippen MR) is 137 cm³/mol. The lowest BCUT2D eigenvalue weighted by Crippen LogP contribution is -2.23. The van der Waals surface area contributed by atoms with Crippen LogP contribution in [0, 0.1) is 12.8 Å². The molecule has 0 saturated carbocycles. The minimum absolute atomic E-state index is 0.0418. The summed E-state index contributed by atoms with van der Waals surface area (Å²) in [6, 6.07) is 17.3. The van der Waals surface area contributed by atoms with Gasteiger partial charge in [0.15, 0.2) is 5.16 Å². The van der Waals surface area contributed by atoms with E-state index in [0.29, 0.717) is 11.1 Å². The van der Waals surface area contributed by atoms with Crippen molar-refractivity contribution in [2.75, 3.05) is 11.1 Å². The van der Waals surface area contributed by atoms with E-state index in [9.17, 15) is 9.59 Å². The van der Waals surface area contributed by atoms with Gasteiger partial charge < -0.3 is 5.32 Å². The number of hydrogen-bond acceptors (Lipinski definition) is 5. The summed E-state index contributed by atoms with van der Waals surface area (Å²) in [6.07, 6.45) is 3.02. The van der Waals surface area contributed by atoms with Crippen LogP contribution in [0.2, 0.25) is 0 Å². The Bertz CT molecular complexity index is 1390. The third-order valence-electron chi connectivity index (χ3n) is 5.95. The molecule has 1 aliphatic rings. The van der Waals surface area contributed by atoms with Crippen molar-refractivity contribution in [3.8, 4) is 5.69 Å². The first-order valence-corrected chi connectivity index (χ1v) is 12.9. The Kier molecular flexibility index (Phi) is 6.08. The Balaban J connectivity index is 1.52. The fourth-order valence-electron chi connectivity index (χ4n) is 4.32. The first kappa shape index (κ1) is 21.9.